The zero-order chi connectivity index (χ0) is 18.4. The van der Waals surface area contributed by atoms with Gasteiger partial charge in [-0.2, -0.15) is 8.42 Å². The van der Waals surface area contributed by atoms with Gasteiger partial charge in [-0.1, -0.05) is 12.1 Å². The molecular formula is C19H21NO4S. The van der Waals surface area contributed by atoms with Crippen LogP contribution in [-0.4, -0.2) is 20.9 Å². The van der Waals surface area contributed by atoms with Crippen molar-refractivity contribution in [3.63, 3.8) is 0 Å². The number of aryl methyl sites for hydroxylation is 2. The molecule has 2 aromatic rings. The summed E-state index contributed by atoms with van der Waals surface area (Å²) in [6.07, 6.45) is 0.640. The van der Waals surface area contributed by atoms with Crippen LogP contribution in [0.25, 0.3) is 0 Å². The van der Waals surface area contributed by atoms with Crippen molar-refractivity contribution in [1.29, 1.82) is 0 Å². The second-order valence-electron chi connectivity index (χ2n) is 6.40. The lowest BCUT2D eigenvalue weighted by Crippen LogP contribution is -2.25. The number of hydrogen-bond donors (Lipinski definition) is 0. The van der Waals surface area contributed by atoms with Crippen molar-refractivity contribution in [2.45, 2.75) is 39.0 Å². The Labute approximate surface area is 148 Å². The van der Waals surface area contributed by atoms with Crippen LogP contribution >= 0.6 is 0 Å². The smallest absolute Gasteiger partial charge is 0.339 e. The van der Waals surface area contributed by atoms with Crippen LogP contribution in [-0.2, 0) is 21.3 Å². The van der Waals surface area contributed by atoms with E-state index >= 15 is 0 Å². The van der Waals surface area contributed by atoms with E-state index in [-0.39, 0.29) is 10.8 Å². The monoisotopic (exact) mass is 359 g/mol. The normalized spacial score (nSPS) is 13.7. The summed E-state index contributed by atoms with van der Waals surface area (Å²) in [5.74, 6) is 0.336. The highest BCUT2D eigenvalue weighted by Gasteiger charge is 2.26. The van der Waals surface area contributed by atoms with Gasteiger partial charge in [0.25, 0.3) is 0 Å². The molecule has 1 amide bonds. The molecule has 2 aromatic carbocycles. The zero-order valence-corrected chi connectivity index (χ0v) is 15.6. The van der Waals surface area contributed by atoms with E-state index in [2.05, 4.69) is 0 Å². The third-order valence-electron chi connectivity index (χ3n) is 4.68. The third kappa shape index (κ3) is 3.14. The standard InChI is InChI=1S/C19H21NO4S/c1-12-5-6-13(2)19(14(12)3)24-25(22,23)17-7-8-18-16(11-17)9-10-20(18)15(4)21/h5-8,11H,9-10H2,1-4H3. The molecule has 1 heterocycles. The Morgan fingerprint density at radius 3 is 2.44 bits per heavy atom. The fourth-order valence-electron chi connectivity index (χ4n) is 3.07. The highest BCUT2D eigenvalue weighted by atomic mass is 32.2. The Hall–Kier alpha value is -2.34. The molecule has 1 aliphatic heterocycles. The van der Waals surface area contributed by atoms with Crippen molar-refractivity contribution in [3.05, 3.63) is 52.6 Å². The first-order valence-electron chi connectivity index (χ1n) is 8.13. The van der Waals surface area contributed by atoms with Crippen LogP contribution in [0.4, 0.5) is 5.69 Å². The Balaban J connectivity index is 1.97. The molecule has 0 aromatic heterocycles. The number of benzene rings is 2. The van der Waals surface area contributed by atoms with Crippen LogP contribution in [0.1, 0.15) is 29.2 Å². The minimum absolute atomic E-state index is 0.0448. The summed E-state index contributed by atoms with van der Waals surface area (Å²) in [5.41, 5.74) is 4.18. The van der Waals surface area contributed by atoms with E-state index in [1.54, 1.807) is 17.0 Å². The molecule has 0 unspecified atom stereocenters. The van der Waals surface area contributed by atoms with E-state index in [1.165, 1.54) is 13.0 Å². The second-order valence-corrected chi connectivity index (χ2v) is 7.95. The number of rotatable bonds is 3. The van der Waals surface area contributed by atoms with Crippen molar-refractivity contribution in [3.8, 4) is 5.75 Å². The molecule has 0 bridgehead atoms. The maximum atomic E-state index is 12.7. The van der Waals surface area contributed by atoms with Gasteiger partial charge in [0.15, 0.2) is 0 Å². The molecule has 0 N–H and O–H groups in total. The van der Waals surface area contributed by atoms with Crippen LogP contribution in [0.5, 0.6) is 5.75 Å². The Morgan fingerprint density at radius 2 is 1.76 bits per heavy atom. The predicted molar refractivity (Wildman–Crippen MR) is 96.6 cm³/mol. The topological polar surface area (TPSA) is 63.7 Å². The van der Waals surface area contributed by atoms with Crippen molar-refractivity contribution < 1.29 is 17.4 Å². The number of fused-ring (bicyclic) bond motifs is 1. The minimum atomic E-state index is -3.94. The summed E-state index contributed by atoms with van der Waals surface area (Å²) in [4.78, 5) is 13.4. The van der Waals surface area contributed by atoms with Gasteiger partial charge in [0.1, 0.15) is 10.6 Å². The second kappa shape index (κ2) is 6.19. The minimum Gasteiger partial charge on any atom is -0.378 e. The van der Waals surface area contributed by atoms with Crippen LogP contribution < -0.4 is 9.08 Å². The van der Waals surface area contributed by atoms with Gasteiger partial charge in [-0.25, -0.2) is 0 Å². The molecule has 5 nitrogen and oxygen atoms in total. The summed E-state index contributed by atoms with van der Waals surface area (Å²) in [6.45, 7) is 7.67. The molecule has 0 saturated heterocycles. The molecule has 0 radical (unpaired) electrons. The molecular weight excluding hydrogens is 338 g/mol. The van der Waals surface area contributed by atoms with E-state index in [4.69, 9.17) is 4.18 Å². The third-order valence-corrected chi connectivity index (χ3v) is 5.90. The van der Waals surface area contributed by atoms with Gasteiger partial charge >= 0.3 is 10.1 Å². The zero-order valence-electron chi connectivity index (χ0n) is 14.8. The lowest BCUT2D eigenvalue weighted by atomic mass is 10.1. The molecule has 0 fully saturated rings. The van der Waals surface area contributed by atoms with Crippen molar-refractivity contribution in [2.75, 3.05) is 11.4 Å². The Morgan fingerprint density at radius 1 is 1.08 bits per heavy atom. The van der Waals surface area contributed by atoms with Crippen LogP contribution in [0, 0.1) is 20.8 Å². The average Bonchev–Trinajstić information content (AvgIpc) is 2.98. The van der Waals surface area contributed by atoms with Crippen LogP contribution in [0.2, 0.25) is 0 Å². The molecule has 25 heavy (non-hydrogen) atoms. The molecule has 0 saturated carbocycles. The fraction of sp³-hybridized carbons (Fsp3) is 0.316. The van der Waals surface area contributed by atoms with Crippen molar-refractivity contribution in [2.24, 2.45) is 0 Å². The number of carbonyl (C=O) groups is 1. The average molecular weight is 359 g/mol. The largest absolute Gasteiger partial charge is 0.378 e. The molecule has 6 heteroatoms. The van der Waals surface area contributed by atoms with E-state index in [0.717, 1.165) is 27.9 Å². The first-order valence-corrected chi connectivity index (χ1v) is 9.54. The van der Waals surface area contributed by atoms with Crippen molar-refractivity contribution >= 4 is 21.7 Å². The lowest BCUT2D eigenvalue weighted by molar-refractivity contribution is -0.116. The highest BCUT2D eigenvalue weighted by Crippen LogP contribution is 2.33. The van der Waals surface area contributed by atoms with E-state index in [9.17, 15) is 13.2 Å². The number of carbonyl (C=O) groups excluding carboxylic acids is 1. The lowest BCUT2D eigenvalue weighted by Gasteiger charge is -2.16. The molecule has 1 aliphatic rings. The van der Waals surface area contributed by atoms with E-state index < -0.39 is 10.1 Å². The SMILES string of the molecule is CC(=O)N1CCc2cc(S(=O)(=O)Oc3c(C)ccc(C)c3C)ccc21. The molecule has 0 spiro atoms. The van der Waals surface area contributed by atoms with E-state index in [1.807, 2.05) is 32.9 Å². The Kier molecular flexibility index (Phi) is 4.33. The molecule has 132 valence electrons. The van der Waals surface area contributed by atoms with Crippen molar-refractivity contribution in [1.82, 2.24) is 0 Å². The maximum Gasteiger partial charge on any atom is 0.339 e. The summed E-state index contributed by atoms with van der Waals surface area (Å²) in [5, 5.41) is 0. The Bertz CT molecular complexity index is 964. The highest BCUT2D eigenvalue weighted by molar-refractivity contribution is 7.87. The number of nitrogens with zero attached hydrogens (tertiary/aromatic N) is 1. The van der Waals surface area contributed by atoms with Gasteiger partial charge in [-0.05, 0) is 67.6 Å². The van der Waals surface area contributed by atoms with Crippen LogP contribution in [0.3, 0.4) is 0 Å². The summed E-state index contributed by atoms with van der Waals surface area (Å²) in [6, 6.07) is 8.57. The molecule has 0 atom stereocenters. The van der Waals surface area contributed by atoms with Gasteiger partial charge in [0, 0.05) is 19.2 Å². The number of hydrogen-bond acceptors (Lipinski definition) is 4. The van der Waals surface area contributed by atoms with Crippen LogP contribution in [0.15, 0.2) is 35.2 Å². The van der Waals surface area contributed by atoms with Gasteiger partial charge in [0.2, 0.25) is 5.91 Å². The van der Waals surface area contributed by atoms with E-state index in [0.29, 0.717) is 18.7 Å². The molecule has 3 rings (SSSR count). The maximum absolute atomic E-state index is 12.7. The van der Waals surface area contributed by atoms with Gasteiger partial charge < -0.3 is 9.08 Å². The summed E-state index contributed by atoms with van der Waals surface area (Å²) >= 11 is 0. The first-order chi connectivity index (χ1) is 11.7. The number of amides is 1. The van der Waals surface area contributed by atoms with Gasteiger partial charge in [-0.15, -0.1) is 0 Å². The fourth-order valence-corrected chi connectivity index (χ4v) is 4.17. The van der Waals surface area contributed by atoms with Gasteiger partial charge in [0.05, 0.1) is 0 Å². The first kappa shape index (κ1) is 17.5. The summed E-state index contributed by atoms with van der Waals surface area (Å²) < 4.78 is 30.9. The number of anilines is 1. The van der Waals surface area contributed by atoms with Gasteiger partial charge in [-0.3, -0.25) is 4.79 Å². The predicted octanol–water partition coefficient (Wildman–Crippen LogP) is 3.29. The summed E-state index contributed by atoms with van der Waals surface area (Å²) in [7, 11) is -3.94. The molecule has 0 aliphatic carbocycles. The quantitative estimate of drug-likeness (QED) is 0.789.